The first-order chi connectivity index (χ1) is 13.1. The van der Waals surface area contributed by atoms with Gasteiger partial charge in [-0.3, -0.25) is 0 Å². The van der Waals surface area contributed by atoms with Gasteiger partial charge in [-0.15, -0.1) is 0 Å². The summed E-state index contributed by atoms with van der Waals surface area (Å²) in [5.74, 6) is 0.983. The third kappa shape index (κ3) is 3.55. The standard InChI is InChI=1S/C23H34N2O2/c1-18-16-19(6-7-20(18)27-2)23-11-8-22(9-12-23,10-13-23)17-24-21(26)25-14-4-3-5-15-25/h6-7,16H,3-5,8-15,17H2,1-2H3,(H,24,26). The van der Waals surface area contributed by atoms with Crippen molar-refractivity contribution in [3.05, 3.63) is 29.3 Å². The van der Waals surface area contributed by atoms with Crippen LogP contribution in [-0.4, -0.2) is 37.7 Å². The van der Waals surface area contributed by atoms with Gasteiger partial charge in [-0.2, -0.15) is 0 Å². The van der Waals surface area contributed by atoms with Crippen molar-refractivity contribution in [3.8, 4) is 5.75 Å². The maximum Gasteiger partial charge on any atom is 0.317 e. The lowest BCUT2D eigenvalue weighted by molar-refractivity contribution is 0.0405. The average Bonchev–Trinajstić information content (AvgIpc) is 2.74. The second kappa shape index (κ2) is 7.37. The molecule has 0 atom stereocenters. The van der Waals surface area contributed by atoms with Gasteiger partial charge in [0.05, 0.1) is 7.11 Å². The summed E-state index contributed by atoms with van der Waals surface area (Å²) in [6.07, 6.45) is 11.0. The molecular formula is C23H34N2O2. The number of ether oxygens (including phenoxy) is 1. The van der Waals surface area contributed by atoms with E-state index in [9.17, 15) is 4.79 Å². The van der Waals surface area contributed by atoms with E-state index in [1.165, 1.54) is 56.1 Å². The van der Waals surface area contributed by atoms with Crippen LogP contribution in [0.25, 0.3) is 0 Å². The van der Waals surface area contributed by atoms with Crippen molar-refractivity contribution in [1.29, 1.82) is 0 Å². The van der Waals surface area contributed by atoms with Crippen molar-refractivity contribution in [2.75, 3.05) is 26.7 Å². The number of methoxy groups -OCH3 is 1. The molecule has 4 heteroatoms. The Kier molecular flexibility index (Phi) is 5.09. The molecule has 0 spiro atoms. The number of hydrogen-bond donors (Lipinski definition) is 1. The van der Waals surface area contributed by atoms with Gasteiger partial charge in [-0.25, -0.2) is 4.79 Å². The van der Waals surface area contributed by atoms with Crippen LogP contribution in [-0.2, 0) is 5.41 Å². The van der Waals surface area contributed by atoms with E-state index in [-0.39, 0.29) is 6.03 Å². The highest BCUT2D eigenvalue weighted by molar-refractivity contribution is 5.74. The van der Waals surface area contributed by atoms with Crippen LogP contribution in [0.1, 0.15) is 68.9 Å². The fraction of sp³-hybridized carbons (Fsp3) is 0.696. The molecular weight excluding hydrogens is 336 g/mol. The van der Waals surface area contributed by atoms with Crippen molar-refractivity contribution in [2.45, 2.75) is 70.1 Å². The van der Waals surface area contributed by atoms with E-state index in [0.717, 1.165) is 38.2 Å². The average molecular weight is 371 g/mol. The smallest absolute Gasteiger partial charge is 0.317 e. The number of carbonyl (C=O) groups is 1. The number of piperidine rings is 1. The zero-order valence-corrected chi connectivity index (χ0v) is 17.0. The Labute approximate surface area is 163 Å². The third-order valence-electron chi connectivity index (χ3n) is 7.67. The molecule has 3 aliphatic carbocycles. The van der Waals surface area contributed by atoms with E-state index in [2.05, 4.69) is 30.4 Å². The number of likely N-dealkylation sites (tertiary alicyclic amines) is 1. The highest BCUT2D eigenvalue weighted by Gasteiger charge is 2.49. The van der Waals surface area contributed by atoms with Gasteiger partial charge < -0.3 is 15.0 Å². The number of fused-ring (bicyclic) bond motifs is 3. The summed E-state index contributed by atoms with van der Waals surface area (Å²) in [7, 11) is 1.74. The fourth-order valence-electron chi connectivity index (χ4n) is 5.64. The Hall–Kier alpha value is -1.71. The quantitative estimate of drug-likeness (QED) is 0.828. The summed E-state index contributed by atoms with van der Waals surface area (Å²) in [5, 5.41) is 3.29. The van der Waals surface area contributed by atoms with Gasteiger partial charge in [0.25, 0.3) is 0 Å². The second-order valence-electron chi connectivity index (χ2n) is 9.17. The first-order valence-corrected chi connectivity index (χ1v) is 10.7. The molecule has 4 fully saturated rings. The minimum absolute atomic E-state index is 0.164. The predicted molar refractivity (Wildman–Crippen MR) is 108 cm³/mol. The summed E-state index contributed by atoms with van der Waals surface area (Å²) in [4.78, 5) is 14.5. The van der Waals surface area contributed by atoms with E-state index in [4.69, 9.17) is 4.74 Å². The van der Waals surface area contributed by atoms with Crippen LogP contribution in [0.5, 0.6) is 5.75 Å². The highest BCUT2D eigenvalue weighted by atomic mass is 16.5. The minimum Gasteiger partial charge on any atom is -0.496 e. The number of nitrogens with zero attached hydrogens (tertiary/aromatic N) is 1. The van der Waals surface area contributed by atoms with Gasteiger partial charge in [0.2, 0.25) is 0 Å². The van der Waals surface area contributed by atoms with Crippen LogP contribution < -0.4 is 10.1 Å². The van der Waals surface area contributed by atoms with Crippen molar-refractivity contribution < 1.29 is 9.53 Å². The first kappa shape index (κ1) is 18.6. The van der Waals surface area contributed by atoms with Gasteiger partial charge in [-0.1, -0.05) is 12.1 Å². The maximum atomic E-state index is 12.5. The van der Waals surface area contributed by atoms with Gasteiger partial charge in [0, 0.05) is 19.6 Å². The van der Waals surface area contributed by atoms with Crippen LogP contribution in [0.2, 0.25) is 0 Å². The first-order valence-electron chi connectivity index (χ1n) is 10.7. The molecule has 2 bridgehead atoms. The topological polar surface area (TPSA) is 41.6 Å². The van der Waals surface area contributed by atoms with Gasteiger partial charge in [-0.05, 0) is 92.7 Å². The summed E-state index contributed by atoms with van der Waals surface area (Å²) in [5.41, 5.74) is 3.40. The van der Waals surface area contributed by atoms with Gasteiger partial charge in [0.1, 0.15) is 5.75 Å². The third-order valence-corrected chi connectivity index (χ3v) is 7.67. The lowest BCUT2D eigenvalue weighted by Crippen LogP contribution is -2.51. The summed E-state index contributed by atoms with van der Waals surface area (Å²) >= 11 is 0. The van der Waals surface area contributed by atoms with E-state index in [1.807, 2.05) is 4.90 Å². The second-order valence-corrected chi connectivity index (χ2v) is 9.17. The van der Waals surface area contributed by atoms with Crippen LogP contribution in [0, 0.1) is 12.3 Å². The molecule has 1 aromatic carbocycles. The molecule has 0 aromatic heterocycles. The van der Waals surface area contributed by atoms with E-state index >= 15 is 0 Å². The summed E-state index contributed by atoms with van der Waals surface area (Å²) in [6, 6.07) is 6.92. The number of urea groups is 1. The normalized spacial score (nSPS) is 30.2. The lowest BCUT2D eigenvalue weighted by Gasteiger charge is -2.54. The molecule has 0 unspecified atom stereocenters. The summed E-state index contributed by atoms with van der Waals surface area (Å²) < 4.78 is 5.44. The molecule has 4 aliphatic rings. The van der Waals surface area contributed by atoms with Crippen molar-refractivity contribution >= 4 is 6.03 Å². The highest BCUT2D eigenvalue weighted by Crippen LogP contribution is 2.57. The molecule has 4 nitrogen and oxygen atoms in total. The van der Waals surface area contributed by atoms with Crippen molar-refractivity contribution in [2.24, 2.45) is 5.41 Å². The number of aryl methyl sites for hydroxylation is 1. The Morgan fingerprint density at radius 3 is 2.33 bits per heavy atom. The predicted octanol–water partition coefficient (Wildman–Crippen LogP) is 4.79. The molecule has 1 aromatic rings. The molecule has 148 valence electrons. The number of carbonyl (C=O) groups excluding carboxylic acids is 1. The van der Waals surface area contributed by atoms with Gasteiger partial charge >= 0.3 is 6.03 Å². The summed E-state index contributed by atoms with van der Waals surface area (Å²) in [6.45, 7) is 4.86. The van der Waals surface area contributed by atoms with Crippen molar-refractivity contribution in [3.63, 3.8) is 0 Å². The molecule has 27 heavy (non-hydrogen) atoms. The van der Waals surface area contributed by atoms with E-state index in [0.29, 0.717) is 10.8 Å². The zero-order chi connectivity index (χ0) is 18.9. The van der Waals surface area contributed by atoms with Crippen LogP contribution >= 0.6 is 0 Å². The number of benzene rings is 1. The lowest BCUT2D eigenvalue weighted by atomic mass is 9.52. The molecule has 1 aliphatic heterocycles. The molecule has 0 radical (unpaired) electrons. The molecule has 1 N–H and O–H groups in total. The number of amides is 2. The molecule has 2 amide bonds. The molecule has 1 heterocycles. The zero-order valence-electron chi connectivity index (χ0n) is 17.0. The number of hydrogen-bond acceptors (Lipinski definition) is 2. The number of nitrogens with one attached hydrogen (secondary N) is 1. The molecule has 1 saturated heterocycles. The fourth-order valence-corrected chi connectivity index (χ4v) is 5.64. The van der Waals surface area contributed by atoms with Gasteiger partial charge in [0.15, 0.2) is 0 Å². The van der Waals surface area contributed by atoms with Crippen LogP contribution in [0.3, 0.4) is 0 Å². The Bertz CT molecular complexity index is 669. The SMILES string of the molecule is COc1ccc(C23CCC(CNC(=O)N4CCCCC4)(CC2)CC3)cc1C. The minimum atomic E-state index is 0.164. The van der Waals surface area contributed by atoms with Crippen LogP contribution in [0.15, 0.2) is 18.2 Å². The molecule has 3 saturated carbocycles. The van der Waals surface area contributed by atoms with Crippen molar-refractivity contribution in [1.82, 2.24) is 10.2 Å². The Morgan fingerprint density at radius 2 is 1.74 bits per heavy atom. The Balaban J connectivity index is 1.37. The van der Waals surface area contributed by atoms with E-state index < -0.39 is 0 Å². The monoisotopic (exact) mass is 370 g/mol. The Morgan fingerprint density at radius 1 is 1.07 bits per heavy atom. The van der Waals surface area contributed by atoms with E-state index in [1.54, 1.807) is 7.11 Å². The maximum absolute atomic E-state index is 12.5. The largest absolute Gasteiger partial charge is 0.496 e. The number of rotatable bonds is 4. The molecule has 5 rings (SSSR count). The van der Waals surface area contributed by atoms with Crippen LogP contribution in [0.4, 0.5) is 4.79 Å².